The Labute approximate surface area is 89.6 Å². The minimum absolute atomic E-state index is 0.392. The van der Waals surface area contributed by atoms with E-state index in [2.05, 4.69) is 42.7 Å². The monoisotopic (exact) mass is 208 g/mol. The molecule has 1 aromatic rings. The average Bonchev–Trinajstić information content (AvgIpc) is 2.64. The number of rotatable bonds is 5. The second-order valence-corrected chi connectivity index (χ2v) is 4.58. The van der Waals surface area contributed by atoms with Crippen molar-refractivity contribution in [3.8, 4) is 6.07 Å². The van der Waals surface area contributed by atoms with E-state index in [0.717, 1.165) is 6.54 Å². The number of thiophene rings is 1. The molecular weight excluding hydrogens is 192 g/mol. The number of hydrogen-bond donors (Lipinski definition) is 1. The molecule has 1 N–H and O–H groups in total. The maximum Gasteiger partial charge on any atom is 0.0635 e. The van der Waals surface area contributed by atoms with Crippen LogP contribution in [0.5, 0.6) is 0 Å². The molecule has 76 valence electrons. The second kappa shape index (κ2) is 5.79. The van der Waals surface area contributed by atoms with Gasteiger partial charge in [0, 0.05) is 23.9 Å². The minimum Gasteiger partial charge on any atom is -0.308 e. The number of hydrogen-bond acceptors (Lipinski definition) is 3. The van der Waals surface area contributed by atoms with Crippen LogP contribution in [0.25, 0.3) is 0 Å². The fourth-order valence-corrected chi connectivity index (χ4v) is 2.39. The summed E-state index contributed by atoms with van der Waals surface area (Å²) >= 11 is 1.77. The van der Waals surface area contributed by atoms with Crippen molar-refractivity contribution in [2.45, 2.75) is 26.3 Å². The van der Waals surface area contributed by atoms with E-state index in [1.807, 2.05) is 0 Å². The van der Waals surface area contributed by atoms with E-state index < -0.39 is 0 Å². The molecule has 0 radical (unpaired) electrons. The molecule has 1 aromatic heterocycles. The predicted octanol–water partition coefficient (Wildman–Crippen LogP) is 2.95. The van der Waals surface area contributed by atoms with Crippen LogP contribution in [-0.2, 0) is 0 Å². The van der Waals surface area contributed by atoms with Crippen molar-refractivity contribution >= 4 is 11.3 Å². The summed E-state index contributed by atoms with van der Waals surface area (Å²) in [4.78, 5) is 1.36. The highest BCUT2D eigenvalue weighted by Crippen LogP contribution is 2.25. The van der Waals surface area contributed by atoms with Crippen molar-refractivity contribution < 1.29 is 0 Å². The van der Waals surface area contributed by atoms with Gasteiger partial charge in [0.1, 0.15) is 0 Å². The molecule has 2 nitrogen and oxygen atoms in total. The van der Waals surface area contributed by atoms with Gasteiger partial charge < -0.3 is 5.32 Å². The van der Waals surface area contributed by atoms with E-state index >= 15 is 0 Å². The summed E-state index contributed by atoms with van der Waals surface area (Å²) < 4.78 is 0. The maximum absolute atomic E-state index is 8.46. The van der Waals surface area contributed by atoms with Gasteiger partial charge in [0.2, 0.25) is 0 Å². The summed E-state index contributed by atoms with van der Waals surface area (Å²) in [6.45, 7) is 5.17. The molecule has 1 atom stereocenters. The third-order valence-corrected chi connectivity index (χ3v) is 3.07. The Morgan fingerprint density at radius 2 is 2.36 bits per heavy atom. The Morgan fingerprint density at radius 1 is 1.57 bits per heavy atom. The fourth-order valence-electron chi connectivity index (χ4n) is 1.42. The Balaban J connectivity index is 2.53. The third kappa shape index (κ3) is 3.13. The highest BCUT2D eigenvalue weighted by Gasteiger charge is 2.15. The Hall–Kier alpha value is -0.850. The standard InChI is InChI=1S/C11H16N2S/c1-9(2)11(13-7-4-6-12)10-5-3-8-14-10/h3,5,8-9,11,13H,4,7H2,1-2H3. The molecule has 0 aliphatic rings. The largest absolute Gasteiger partial charge is 0.308 e. The average molecular weight is 208 g/mol. The Morgan fingerprint density at radius 3 is 2.86 bits per heavy atom. The molecule has 1 heterocycles. The van der Waals surface area contributed by atoms with Gasteiger partial charge >= 0.3 is 0 Å². The lowest BCUT2D eigenvalue weighted by Crippen LogP contribution is -2.25. The van der Waals surface area contributed by atoms with Crippen LogP contribution >= 0.6 is 11.3 Å². The summed E-state index contributed by atoms with van der Waals surface area (Å²) in [7, 11) is 0. The van der Waals surface area contributed by atoms with Crippen LogP contribution in [0.4, 0.5) is 0 Å². The zero-order chi connectivity index (χ0) is 10.4. The molecular formula is C11H16N2S. The summed E-state index contributed by atoms with van der Waals surface area (Å²) in [6.07, 6.45) is 0.578. The summed E-state index contributed by atoms with van der Waals surface area (Å²) in [5.74, 6) is 0.562. The molecule has 3 heteroatoms. The van der Waals surface area contributed by atoms with Gasteiger partial charge in [0.25, 0.3) is 0 Å². The predicted molar refractivity (Wildman–Crippen MR) is 60.1 cm³/mol. The molecule has 0 fully saturated rings. The van der Waals surface area contributed by atoms with Crippen LogP contribution in [0.1, 0.15) is 31.2 Å². The van der Waals surface area contributed by atoms with Crippen LogP contribution in [0.2, 0.25) is 0 Å². The first-order valence-corrected chi connectivity index (χ1v) is 5.77. The lowest BCUT2D eigenvalue weighted by Gasteiger charge is -2.20. The Bertz CT molecular complexity index is 285. The normalized spacial score (nSPS) is 12.7. The van der Waals surface area contributed by atoms with Gasteiger partial charge in [-0.15, -0.1) is 11.3 Å². The van der Waals surface area contributed by atoms with E-state index in [1.54, 1.807) is 11.3 Å². The first-order valence-electron chi connectivity index (χ1n) is 4.89. The molecule has 0 amide bonds. The molecule has 0 spiro atoms. The van der Waals surface area contributed by atoms with Crippen molar-refractivity contribution in [1.29, 1.82) is 5.26 Å². The van der Waals surface area contributed by atoms with Crippen molar-refractivity contribution in [2.75, 3.05) is 6.54 Å². The van der Waals surface area contributed by atoms with Gasteiger partial charge in [0.05, 0.1) is 6.07 Å². The second-order valence-electron chi connectivity index (χ2n) is 3.60. The van der Waals surface area contributed by atoms with Gasteiger partial charge in [-0.2, -0.15) is 5.26 Å². The SMILES string of the molecule is CC(C)C(NCCC#N)c1cccs1. The van der Waals surface area contributed by atoms with E-state index in [0.29, 0.717) is 18.4 Å². The van der Waals surface area contributed by atoms with Crippen LogP contribution in [0.15, 0.2) is 17.5 Å². The fraction of sp³-hybridized carbons (Fsp3) is 0.545. The highest BCUT2D eigenvalue weighted by atomic mass is 32.1. The molecule has 0 aliphatic heterocycles. The molecule has 0 bridgehead atoms. The number of nitrogens with one attached hydrogen (secondary N) is 1. The zero-order valence-corrected chi connectivity index (χ0v) is 9.47. The van der Waals surface area contributed by atoms with Crippen molar-refractivity contribution in [3.63, 3.8) is 0 Å². The van der Waals surface area contributed by atoms with Crippen LogP contribution < -0.4 is 5.32 Å². The molecule has 14 heavy (non-hydrogen) atoms. The van der Waals surface area contributed by atoms with Crippen molar-refractivity contribution in [3.05, 3.63) is 22.4 Å². The molecule has 0 aromatic carbocycles. The van der Waals surface area contributed by atoms with Crippen LogP contribution in [0, 0.1) is 17.2 Å². The number of nitriles is 1. The van der Waals surface area contributed by atoms with Crippen LogP contribution in [-0.4, -0.2) is 6.54 Å². The lowest BCUT2D eigenvalue weighted by atomic mass is 10.0. The van der Waals surface area contributed by atoms with E-state index in [9.17, 15) is 0 Å². The van der Waals surface area contributed by atoms with Gasteiger partial charge in [-0.1, -0.05) is 19.9 Å². The van der Waals surface area contributed by atoms with E-state index in [4.69, 9.17) is 5.26 Å². The lowest BCUT2D eigenvalue weighted by molar-refractivity contribution is 0.422. The summed E-state index contributed by atoms with van der Waals surface area (Å²) in [5, 5.41) is 14.0. The Kier molecular flexibility index (Phi) is 4.64. The molecule has 1 unspecified atom stereocenters. The van der Waals surface area contributed by atoms with E-state index in [1.165, 1.54) is 4.88 Å². The topological polar surface area (TPSA) is 35.8 Å². The molecule has 0 aliphatic carbocycles. The highest BCUT2D eigenvalue weighted by molar-refractivity contribution is 7.10. The first-order chi connectivity index (χ1) is 6.75. The van der Waals surface area contributed by atoms with Crippen LogP contribution in [0.3, 0.4) is 0 Å². The third-order valence-electron chi connectivity index (χ3n) is 2.12. The molecule has 1 rings (SSSR count). The summed E-state index contributed by atoms with van der Waals surface area (Å²) in [5.41, 5.74) is 0. The van der Waals surface area contributed by atoms with Gasteiger partial charge in [0.15, 0.2) is 0 Å². The van der Waals surface area contributed by atoms with Gasteiger partial charge in [-0.25, -0.2) is 0 Å². The van der Waals surface area contributed by atoms with Gasteiger partial charge in [-0.05, 0) is 17.4 Å². The zero-order valence-electron chi connectivity index (χ0n) is 8.66. The van der Waals surface area contributed by atoms with Gasteiger partial charge in [-0.3, -0.25) is 0 Å². The quantitative estimate of drug-likeness (QED) is 0.755. The van der Waals surface area contributed by atoms with E-state index in [-0.39, 0.29) is 0 Å². The summed E-state index contributed by atoms with van der Waals surface area (Å²) in [6, 6.07) is 6.76. The van der Waals surface area contributed by atoms with Crippen molar-refractivity contribution in [1.82, 2.24) is 5.32 Å². The number of nitrogens with zero attached hydrogens (tertiary/aromatic N) is 1. The minimum atomic E-state index is 0.392. The first kappa shape index (κ1) is 11.2. The molecule has 0 saturated heterocycles. The van der Waals surface area contributed by atoms with Crippen molar-refractivity contribution in [2.24, 2.45) is 5.92 Å². The smallest absolute Gasteiger partial charge is 0.0635 e. The maximum atomic E-state index is 8.46. The molecule has 0 saturated carbocycles.